The minimum Gasteiger partial charge on any atom is -0.273 e. The van der Waals surface area contributed by atoms with Crippen LogP contribution in [0.1, 0.15) is 6.42 Å². The summed E-state index contributed by atoms with van der Waals surface area (Å²) in [4.78, 5) is 0. The van der Waals surface area contributed by atoms with Crippen LogP contribution in [-0.2, 0) is 16.6 Å². The lowest BCUT2D eigenvalue weighted by atomic mass is 10.4. The van der Waals surface area contributed by atoms with E-state index in [4.69, 9.17) is 11.6 Å². The highest BCUT2D eigenvalue weighted by atomic mass is 79.9. The van der Waals surface area contributed by atoms with E-state index in [1.165, 1.54) is 6.07 Å². The third-order valence-electron chi connectivity index (χ3n) is 2.30. The van der Waals surface area contributed by atoms with Gasteiger partial charge < -0.3 is 0 Å². The second-order valence-electron chi connectivity index (χ2n) is 3.71. The van der Waals surface area contributed by atoms with Crippen molar-refractivity contribution in [3.8, 4) is 0 Å². The van der Waals surface area contributed by atoms with Gasteiger partial charge in [0.25, 0.3) is 0 Å². The molecule has 0 aliphatic heterocycles. The van der Waals surface area contributed by atoms with Gasteiger partial charge >= 0.3 is 0 Å². The maximum Gasteiger partial charge on any atom is 0.250 e. The van der Waals surface area contributed by atoms with Gasteiger partial charge in [0.05, 0.1) is 8.81 Å². The second kappa shape index (κ2) is 6.36. The van der Waals surface area contributed by atoms with E-state index < -0.39 is 10.0 Å². The zero-order valence-electron chi connectivity index (χ0n) is 9.71. The molecule has 0 atom stereocenters. The van der Waals surface area contributed by atoms with Crippen LogP contribution in [0.4, 0.5) is 0 Å². The van der Waals surface area contributed by atoms with Crippen LogP contribution in [0.2, 0.25) is 5.02 Å². The number of aryl methyl sites for hydroxylation is 1. The number of nitrogens with one attached hydrogen (secondary N) is 1. The van der Waals surface area contributed by atoms with Crippen LogP contribution < -0.4 is 4.72 Å². The summed E-state index contributed by atoms with van der Waals surface area (Å²) < 4.78 is 29.0. The highest BCUT2D eigenvalue weighted by Crippen LogP contribution is 2.34. The van der Waals surface area contributed by atoms with Crippen molar-refractivity contribution in [2.75, 3.05) is 6.54 Å². The topological polar surface area (TPSA) is 64.0 Å². The largest absolute Gasteiger partial charge is 0.273 e. The Kier molecular flexibility index (Phi) is 5.02. The Labute approximate surface area is 128 Å². The quantitative estimate of drug-likeness (QED) is 0.779. The Morgan fingerprint density at radius 1 is 1.53 bits per heavy atom. The van der Waals surface area contributed by atoms with Gasteiger partial charge in [-0.2, -0.15) is 5.10 Å². The van der Waals surface area contributed by atoms with Crippen molar-refractivity contribution in [2.45, 2.75) is 17.2 Å². The molecule has 0 saturated carbocycles. The summed E-state index contributed by atoms with van der Waals surface area (Å²) in [6.45, 7) is 1.03. The third-order valence-corrected chi connectivity index (χ3v) is 6.71. The molecule has 0 amide bonds. The van der Waals surface area contributed by atoms with Crippen molar-refractivity contribution < 1.29 is 8.42 Å². The molecular weight excluding hydrogens is 374 g/mol. The predicted octanol–water partition coefficient (Wildman–Crippen LogP) is 2.73. The van der Waals surface area contributed by atoms with E-state index in [9.17, 15) is 8.42 Å². The molecular formula is C10H11BrClN3O2S2. The van der Waals surface area contributed by atoms with Gasteiger partial charge in [-0.25, -0.2) is 13.1 Å². The van der Waals surface area contributed by atoms with Gasteiger partial charge in [0.1, 0.15) is 4.21 Å². The number of rotatable bonds is 6. The summed E-state index contributed by atoms with van der Waals surface area (Å²) in [7, 11) is -3.48. The molecule has 9 heteroatoms. The summed E-state index contributed by atoms with van der Waals surface area (Å²) in [5, 5.41) is 4.45. The molecule has 0 aromatic carbocycles. The Hall–Kier alpha value is -0.410. The summed E-state index contributed by atoms with van der Waals surface area (Å²) in [6, 6.07) is 3.27. The SMILES string of the molecule is O=S(=O)(NCCCn1cccn1)c1cc(Cl)c(Br)s1. The van der Waals surface area contributed by atoms with Crippen molar-refractivity contribution in [1.82, 2.24) is 14.5 Å². The van der Waals surface area contributed by atoms with E-state index in [1.807, 2.05) is 12.3 Å². The van der Waals surface area contributed by atoms with Gasteiger partial charge in [0, 0.05) is 25.5 Å². The summed E-state index contributed by atoms with van der Waals surface area (Å²) in [5.41, 5.74) is 0. The standard InChI is InChI=1S/C10H11BrClN3O2S2/c11-10-8(12)7-9(18-10)19(16,17)14-4-2-6-15-5-1-3-13-15/h1,3,5,7,14H,2,4,6H2. The Bertz CT molecular complexity index is 620. The fraction of sp³-hybridized carbons (Fsp3) is 0.300. The van der Waals surface area contributed by atoms with E-state index in [0.717, 1.165) is 11.3 Å². The van der Waals surface area contributed by atoms with E-state index in [-0.39, 0.29) is 4.21 Å². The molecule has 2 aromatic heterocycles. The van der Waals surface area contributed by atoms with Gasteiger partial charge in [-0.1, -0.05) is 11.6 Å². The van der Waals surface area contributed by atoms with Crippen molar-refractivity contribution in [1.29, 1.82) is 0 Å². The highest BCUT2D eigenvalue weighted by molar-refractivity contribution is 9.11. The second-order valence-corrected chi connectivity index (χ2v) is 8.48. The Morgan fingerprint density at radius 2 is 2.32 bits per heavy atom. The van der Waals surface area contributed by atoms with Crippen molar-refractivity contribution >= 4 is 48.9 Å². The molecule has 0 saturated heterocycles. The minimum absolute atomic E-state index is 0.212. The first-order valence-corrected chi connectivity index (χ1v) is 8.88. The molecule has 104 valence electrons. The molecule has 2 heterocycles. The number of thiophene rings is 1. The molecule has 0 fully saturated rings. The number of nitrogens with zero attached hydrogens (tertiary/aromatic N) is 2. The molecule has 2 aromatic rings. The Morgan fingerprint density at radius 3 is 2.89 bits per heavy atom. The monoisotopic (exact) mass is 383 g/mol. The number of aromatic nitrogens is 2. The molecule has 5 nitrogen and oxygen atoms in total. The van der Waals surface area contributed by atoms with Gasteiger partial charge in [0.2, 0.25) is 10.0 Å². The molecule has 2 rings (SSSR count). The van der Waals surface area contributed by atoms with E-state index in [2.05, 4.69) is 25.8 Å². The van der Waals surface area contributed by atoms with Crippen LogP contribution >= 0.6 is 38.9 Å². The number of hydrogen-bond donors (Lipinski definition) is 1. The molecule has 0 spiro atoms. The van der Waals surface area contributed by atoms with Crippen LogP contribution in [0.5, 0.6) is 0 Å². The smallest absolute Gasteiger partial charge is 0.250 e. The van der Waals surface area contributed by atoms with E-state index >= 15 is 0 Å². The molecule has 0 aliphatic carbocycles. The van der Waals surface area contributed by atoms with Gasteiger partial charge in [-0.15, -0.1) is 11.3 Å². The lowest BCUT2D eigenvalue weighted by Crippen LogP contribution is -2.24. The van der Waals surface area contributed by atoms with Crippen molar-refractivity contribution in [3.05, 3.63) is 33.3 Å². The van der Waals surface area contributed by atoms with Crippen molar-refractivity contribution in [3.63, 3.8) is 0 Å². The van der Waals surface area contributed by atoms with Crippen LogP contribution in [0.15, 0.2) is 32.5 Å². The lowest BCUT2D eigenvalue weighted by Gasteiger charge is -2.04. The van der Waals surface area contributed by atoms with E-state index in [1.54, 1.807) is 10.9 Å². The molecule has 0 aliphatic rings. The third kappa shape index (κ3) is 4.03. The minimum atomic E-state index is -3.48. The summed E-state index contributed by atoms with van der Waals surface area (Å²) >= 11 is 10.1. The van der Waals surface area contributed by atoms with Gasteiger partial charge in [-0.05, 0) is 34.5 Å². The average molecular weight is 385 g/mol. The van der Waals surface area contributed by atoms with Gasteiger partial charge in [0.15, 0.2) is 0 Å². The van der Waals surface area contributed by atoms with Crippen LogP contribution in [-0.4, -0.2) is 24.7 Å². The normalized spacial score (nSPS) is 11.9. The number of sulfonamides is 1. The first kappa shape index (κ1) is 15.0. The van der Waals surface area contributed by atoms with Crippen LogP contribution in [0, 0.1) is 0 Å². The highest BCUT2D eigenvalue weighted by Gasteiger charge is 2.18. The average Bonchev–Trinajstić information content (AvgIpc) is 2.96. The first-order valence-electron chi connectivity index (χ1n) is 5.41. The fourth-order valence-corrected chi connectivity index (χ4v) is 4.93. The first-order chi connectivity index (χ1) is 8.99. The van der Waals surface area contributed by atoms with E-state index in [0.29, 0.717) is 28.3 Å². The van der Waals surface area contributed by atoms with Crippen LogP contribution in [0.25, 0.3) is 0 Å². The predicted molar refractivity (Wildman–Crippen MR) is 79.1 cm³/mol. The maximum absolute atomic E-state index is 12.0. The lowest BCUT2D eigenvalue weighted by molar-refractivity contribution is 0.554. The molecule has 0 bridgehead atoms. The summed E-state index contributed by atoms with van der Waals surface area (Å²) in [5.74, 6) is 0. The number of hydrogen-bond acceptors (Lipinski definition) is 4. The van der Waals surface area contributed by atoms with Crippen molar-refractivity contribution in [2.24, 2.45) is 0 Å². The fourth-order valence-electron chi connectivity index (χ4n) is 1.41. The molecule has 0 unspecified atom stereocenters. The van der Waals surface area contributed by atoms with Crippen LogP contribution in [0.3, 0.4) is 0 Å². The number of halogens is 2. The van der Waals surface area contributed by atoms with Gasteiger partial charge in [-0.3, -0.25) is 4.68 Å². The zero-order chi connectivity index (χ0) is 13.9. The summed E-state index contributed by atoms with van der Waals surface area (Å²) in [6.07, 6.45) is 4.20. The molecule has 0 radical (unpaired) electrons. The molecule has 1 N–H and O–H groups in total. The molecule has 19 heavy (non-hydrogen) atoms. The maximum atomic E-state index is 12.0. The zero-order valence-corrected chi connectivity index (χ0v) is 13.7. The Balaban J connectivity index is 1.87.